The van der Waals surface area contributed by atoms with E-state index in [0.29, 0.717) is 13.2 Å². The van der Waals surface area contributed by atoms with Gasteiger partial charge in [0.15, 0.2) is 5.96 Å². The number of halogens is 1. The van der Waals surface area contributed by atoms with Gasteiger partial charge in [-0.25, -0.2) is 0 Å². The van der Waals surface area contributed by atoms with Gasteiger partial charge in [0.2, 0.25) is 0 Å². The minimum atomic E-state index is 0. The maximum atomic E-state index is 5.81. The van der Waals surface area contributed by atoms with Gasteiger partial charge in [0, 0.05) is 58.6 Å². The number of nitrogens with zero attached hydrogens (tertiary/aromatic N) is 2. The molecule has 0 spiro atoms. The molecule has 1 aliphatic heterocycles. The van der Waals surface area contributed by atoms with Gasteiger partial charge >= 0.3 is 0 Å². The number of rotatable bonds is 10. The summed E-state index contributed by atoms with van der Waals surface area (Å²) in [7, 11) is 3.49. The molecule has 1 saturated heterocycles. The summed E-state index contributed by atoms with van der Waals surface area (Å²) in [6.07, 6.45) is 0.860. The van der Waals surface area contributed by atoms with Crippen LogP contribution in [0.3, 0.4) is 0 Å². The summed E-state index contributed by atoms with van der Waals surface area (Å²) in [5.41, 5.74) is 3.50. The Balaban J connectivity index is 0.00000385. The third-order valence-electron chi connectivity index (χ3n) is 5.49. The molecule has 7 nitrogen and oxygen atoms in total. The summed E-state index contributed by atoms with van der Waals surface area (Å²) in [6.45, 7) is 7.58. The lowest BCUT2D eigenvalue weighted by molar-refractivity contribution is 0.0170. The minimum Gasteiger partial charge on any atom is -0.493 e. The molecule has 0 aromatic heterocycles. The number of nitrogens with one attached hydrogen (secondary N) is 2. The lowest BCUT2D eigenvalue weighted by atomic mass is 10.0. The van der Waals surface area contributed by atoms with E-state index in [2.05, 4.69) is 51.7 Å². The summed E-state index contributed by atoms with van der Waals surface area (Å²) in [6, 6.07) is 17.0. The normalized spacial score (nSPS) is 15.4. The van der Waals surface area contributed by atoms with Gasteiger partial charge in [-0.05, 0) is 24.6 Å². The van der Waals surface area contributed by atoms with Crippen molar-refractivity contribution >= 4 is 35.6 Å². The summed E-state index contributed by atoms with van der Waals surface area (Å²) >= 11 is 0. The van der Waals surface area contributed by atoms with Crippen molar-refractivity contribution in [3.63, 3.8) is 0 Å². The number of aryl methyl sites for hydroxylation is 1. The van der Waals surface area contributed by atoms with E-state index in [0.717, 1.165) is 56.7 Å². The van der Waals surface area contributed by atoms with E-state index in [9.17, 15) is 0 Å². The first kappa shape index (κ1) is 27.4. The van der Waals surface area contributed by atoms with Crippen LogP contribution in [0.2, 0.25) is 0 Å². The number of guanidine groups is 1. The summed E-state index contributed by atoms with van der Waals surface area (Å²) in [4.78, 5) is 6.89. The van der Waals surface area contributed by atoms with E-state index < -0.39 is 0 Å². The van der Waals surface area contributed by atoms with Gasteiger partial charge in [0.1, 0.15) is 5.75 Å². The highest BCUT2D eigenvalue weighted by Gasteiger charge is 2.23. The molecule has 0 radical (unpaired) electrons. The third-order valence-corrected chi connectivity index (χ3v) is 5.49. The fraction of sp³-hybridized carbons (Fsp3) is 0.480. The maximum absolute atomic E-state index is 5.81. The zero-order chi connectivity index (χ0) is 22.6. The minimum absolute atomic E-state index is 0. The van der Waals surface area contributed by atoms with Gasteiger partial charge in [-0.1, -0.05) is 35.9 Å². The molecule has 1 atom stereocenters. The number of anilines is 1. The second-order valence-electron chi connectivity index (χ2n) is 7.88. The van der Waals surface area contributed by atoms with Crippen molar-refractivity contribution in [2.45, 2.75) is 19.4 Å². The number of ether oxygens (including phenoxy) is 3. The first-order valence-corrected chi connectivity index (χ1v) is 11.3. The van der Waals surface area contributed by atoms with E-state index in [1.165, 1.54) is 11.1 Å². The Morgan fingerprint density at radius 3 is 2.58 bits per heavy atom. The van der Waals surface area contributed by atoms with Crippen LogP contribution in [0, 0.1) is 6.92 Å². The van der Waals surface area contributed by atoms with Gasteiger partial charge < -0.3 is 24.8 Å². The van der Waals surface area contributed by atoms with Gasteiger partial charge in [-0.2, -0.15) is 0 Å². The summed E-state index contributed by atoms with van der Waals surface area (Å²) in [5, 5.41) is 6.89. The van der Waals surface area contributed by atoms with Gasteiger partial charge in [0.25, 0.3) is 0 Å². The van der Waals surface area contributed by atoms with Crippen molar-refractivity contribution in [3.8, 4) is 5.75 Å². The van der Waals surface area contributed by atoms with Crippen LogP contribution in [-0.4, -0.2) is 71.1 Å². The van der Waals surface area contributed by atoms with Crippen LogP contribution in [0.5, 0.6) is 5.75 Å². The van der Waals surface area contributed by atoms with Crippen molar-refractivity contribution in [1.82, 2.24) is 10.2 Å². The Morgan fingerprint density at radius 2 is 1.88 bits per heavy atom. The highest BCUT2D eigenvalue weighted by Crippen LogP contribution is 2.22. The van der Waals surface area contributed by atoms with Crippen LogP contribution in [-0.2, 0) is 9.47 Å². The fourth-order valence-corrected chi connectivity index (χ4v) is 3.70. The average molecular weight is 569 g/mol. The standard InChI is InChI=1S/C25H36N4O3.HI/c1-20-8-10-21(11-9-20)24(29-12-16-31-17-13-29)19-27-25(26-2)28-22-6-4-7-23(18-22)32-15-5-14-30-3;/h4,6-11,18,24H,5,12-17,19H2,1-3H3,(H2,26,27,28);1H. The molecule has 0 aliphatic carbocycles. The van der Waals surface area contributed by atoms with Crippen LogP contribution in [0.15, 0.2) is 53.5 Å². The molecule has 0 bridgehead atoms. The monoisotopic (exact) mass is 568 g/mol. The Bertz CT molecular complexity index is 842. The van der Waals surface area contributed by atoms with Crippen LogP contribution in [0.25, 0.3) is 0 Å². The number of morpholine rings is 1. The van der Waals surface area contributed by atoms with E-state index in [-0.39, 0.29) is 30.0 Å². The van der Waals surface area contributed by atoms with Crippen LogP contribution >= 0.6 is 24.0 Å². The predicted molar refractivity (Wildman–Crippen MR) is 145 cm³/mol. The molecule has 2 aromatic rings. The zero-order valence-corrected chi connectivity index (χ0v) is 22.2. The fourth-order valence-electron chi connectivity index (χ4n) is 3.70. The van der Waals surface area contributed by atoms with Gasteiger partial charge in [-0.15, -0.1) is 24.0 Å². The predicted octanol–water partition coefficient (Wildman–Crippen LogP) is 4.09. The molecule has 2 N–H and O–H groups in total. The van der Waals surface area contributed by atoms with Crippen molar-refractivity contribution in [1.29, 1.82) is 0 Å². The molecular formula is C25H37IN4O3. The molecule has 1 aliphatic rings. The highest BCUT2D eigenvalue weighted by molar-refractivity contribution is 14.0. The smallest absolute Gasteiger partial charge is 0.195 e. The molecular weight excluding hydrogens is 531 g/mol. The average Bonchev–Trinajstić information content (AvgIpc) is 2.83. The SMILES string of the molecule is CN=C(NCC(c1ccc(C)cc1)N1CCOCC1)Nc1cccc(OCCCOC)c1.I. The molecule has 0 saturated carbocycles. The van der Waals surface area contributed by atoms with Gasteiger partial charge in [0.05, 0.1) is 25.9 Å². The van der Waals surface area contributed by atoms with E-state index in [1.54, 1.807) is 14.2 Å². The second-order valence-corrected chi connectivity index (χ2v) is 7.88. The largest absolute Gasteiger partial charge is 0.493 e. The number of hydrogen-bond donors (Lipinski definition) is 2. The zero-order valence-electron chi connectivity index (χ0n) is 19.9. The molecule has 2 aromatic carbocycles. The molecule has 33 heavy (non-hydrogen) atoms. The van der Waals surface area contributed by atoms with Crippen LogP contribution in [0.4, 0.5) is 5.69 Å². The van der Waals surface area contributed by atoms with E-state index in [4.69, 9.17) is 14.2 Å². The first-order chi connectivity index (χ1) is 15.7. The summed E-state index contributed by atoms with van der Waals surface area (Å²) < 4.78 is 16.4. The van der Waals surface area contributed by atoms with E-state index >= 15 is 0 Å². The third kappa shape index (κ3) is 9.11. The van der Waals surface area contributed by atoms with Crippen molar-refractivity contribution in [2.75, 3.05) is 65.5 Å². The maximum Gasteiger partial charge on any atom is 0.195 e. The Hall–Kier alpha value is -1.88. The lowest BCUT2D eigenvalue weighted by Crippen LogP contribution is -2.44. The van der Waals surface area contributed by atoms with E-state index in [1.807, 2.05) is 24.3 Å². The molecule has 0 amide bonds. The molecule has 1 heterocycles. The first-order valence-electron chi connectivity index (χ1n) is 11.3. The van der Waals surface area contributed by atoms with Crippen LogP contribution < -0.4 is 15.4 Å². The number of methoxy groups -OCH3 is 1. The Morgan fingerprint density at radius 1 is 1.12 bits per heavy atom. The highest BCUT2D eigenvalue weighted by atomic mass is 127. The molecule has 8 heteroatoms. The molecule has 1 fully saturated rings. The number of aliphatic imine (C=N–C) groups is 1. The second kappa shape index (κ2) is 15.1. The van der Waals surface area contributed by atoms with Crippen molar-refractivity contribution < 1.29 is 14.2 Å². The quantitative estimate of drug-likeness (QED) is 0.195. The Kier molecular flexibility index (Phi) is 12.5. The molecule has 182 valence electrons. The van der Waals surface area contributed by atoms with Crippen molar-refractivity contribution in [3.05, 3.63) is 59.7 Å². The summed E-state index contributed by atoms with van der Waals surface area (Å²) in [5.74, 6) is 1.55. The molecule has 3 rings (SSSR count). The molecule has 1 unspecified atom stereocenters. The van der Waals surface area contributed by atoms with Gasteiger partial charge in [-0.3, -0.25) is 9.89 Å². The van der Waals surface area contributed by atoms with Crippen molar-refractivity contribution in [2.24, 2.45) is 4.99 Å². The lowest BCUT2D eigenvalue weighted by Gasteiger charge is -2.35. The van der Waals surface area contributed by atoms with Crippen LogP contribution in [0.1, 0.15) is 23.6 Å². The number of hydrogen-bond acceptors (Lipinski definition) is 5. The Labute approximate surface area is 214 Å². The topological polar surface area (TPSA) is 67.4 Å². The number of benzene rings is 2.